The van der Waals surface area contributed by atoms with E-state index in [-0.39, 0.29) is 12.6 Å². The second-order valence-corrected chi connectivity index (χ2v) is 14.3. The number of allylic oxidation sites excluding steroid dienone is 3. The van der Waals surface area contributed by atoms with Gasteiger partial charge >= 0.3 is 5.97 Å². The van der Waals surface area contributed by atoms with Crippen LogP contribution in [0.25, 0.3) is 5.76 Å². The molecule has 0 N–H and O–H groups in total. The molecule has 48 heavy (non-hydrogen) atoms. The molecule has 1 aromatic carbocycles. The molecule has 0 radical (unpaired) electrons. The summed E-state index contributed by atoms with van der Waals surface area (Å²) in [4.78, 5) is 15.6. The first-order valence-electron chi connectivity index (χ1n) is 19.4. The van der Waals surface area contributed by atoms with Gasteiger partial charge in [-0.1, -0.05) is 109 Å². The standard InChI is InChI=1S/C42H65NO5/c1-4-5-6-7-8-9-10-11-12-13-14-15-16-20-27-47-33-41(44)48-42-37(29-36-30-39(45-2)40(46-3)31-38(36)42)28-34-23-25-43(26-24-34)32-35-21-18-17-19-22-35/h18,21-22,30-31,34H,4-17,19-20,23-29,32-33H2,1-3H3. The van der Waals surface area contributed by atoms with E-state index in [4.69, 9.17) is 18.9 Å². The Morgan fingerprint density at radius 1 is 0.812 bits per heavy atom. The molecule has 6 nitrogen and oxygen atoms in total. The van der Waals surface area contributed by atoms with Crippen LogP contribution in [0.3, 0.4) is 0 Å². The normalized spacial score (nSPS) is 16.7. The number of hydrogen-bond donors (Lipinski definition) is 0. The van der Waals surface area contributed by atoms with Gasteiger partial charge in [0.2, 0.25) is 0 Å². The maximum atomic E-state index is 13.0. The highest BCUT2D eigenvalue weighted by Gasteiger charge is 2.30. The lowest BCUT2D eigenvalue weighted by Crippen LogP contribution is -2.35. The maximum absolute atomic E-state index is 13.0. The van der Waals surface area contributed by atoms with Gasteiger partial charge in [-0.25, -0.2) is 4.79 Å². The molecule has 4 rings (SSSR count). The van der Waals surface area contributed by atoms with Gasteiger partial charge in [0.1, 0.15) is 12.4 Å². The molecule has 1 aromatic rings. The highest BCUT2D eigenvalue weighted by atomic mass is 16.6. The zero-order valence-corrected chi connectivity index (χ0v) is 30.6. The smallest absolute Gasteiger partial charge is 0.337 e. The van der Waals surface area contributed by atoms with E-state index >= 15 is 0 Å². The van der Waals surface area contributed by atoms with Crippen LogP contribution in [0.5, 0.6) is 11.5 Å². The van der Waals surface area contributed by atoms with E-state index in [0.29, 0.717) is 29.8 Å². The predicted octanol–water partition coefficient (Wildman–Crippen LogP) is 10.4. The summed E-state index contributed by atoms with van der Waals surface area (Å²) in [5.41, 5.74) is 4.73. The highest BCUT2D eigenvalue weighted by Crippen LogP contribution is 2.43. The van der Waals surface area contributed by atoms with Gasteiger partial charge in [0, 0.05) is 18.7 Å². The van der Waals surface area contributed by atoms with Crippen molar-refractivity contribution in [2.75, 3.05) is 47.1 Å². The average Bonchev–Trinajstić information content (AvgIpc) is 3.43. The van der Waals surface area contributed by atoms with Crippen molar-refractivity contribution in [3.8, 4) is 11.5 Å². The Hall–Kier alpha value is -2.57. The highest BCUT2D eigenvalue weighted by molar-refractivity contribution is 5.84. The summed E-state index contributed by atoms with van der Waals surface area (Å²) >= 11 is 0. The zero-order chi connectivity index (χ0) is 33.8. The summed E-state index contributed by atoms with van der Waals surface area (Å²) in [6.07, 6.45) is 31.9. The molecule has 0 spiro atoms. The van der Waals surface area contributed by atoms with E-state index in [9.17, 15) is 4.79 Å². The van der Waals surface area contributed by atoms with Crippen molar-refractivity contribution in [3.05, 3.63) is 52.6 Å². The Morgan fingerprint density at radius 3 is 2.04 bits per heavy atom. The number of nitrogens with zero attached hydrogens (tertiary/aromatic N) is 1. The van der Waals surface area contributed by atoms with Gasteiger partial charge in [-0.2, -0.15) is 0 Å². The number of methoxy groups -OCH3 is 2. The number of benzene rings is 1. The van der Waals surface area contributed by atoms with Crippen LogP contribution in [0, 0.1) is 5.92 Å². The fourth-order valence-corrected chi connectivity index (χ4v) is 7.51. The van der Waals surface area contributed by atoms with E-state index in [2.05, 4.69) is 30.1 Å². The number of fused-ring (bicyclic) bond motifs is 1. The van der Waals surface area contributed by atoms with E-state index in [0.717, 1.165) is 69.3 Å². The largest absolute Gasteiger partial charge is 0.493 e. The number of unbranched alkanes of at least 4 members (excludes halogenated alkanes) is 13. The number of hydrogen-bond acceptors (Lipinski definition) is 6. The fourth-order valence-electron chi connectivity index (χ4n) is 7.51. The van der Waals surface area contributed by atoms with Gasteiger partial charge in [-0.05, 0) is 92.8 Å². The monoisotopic (exact) mass is 663 g/mol. The second kappa shape index (κ2) is 22.2. The van der Waals surface area contributed by atoms with Crippen LogP contribution in [0.15, 0.2) is 41.5 Å². The number of ether oxygens (including phenoxy) is 4. The number of esters is 1. The van der Waals surface area contributed by atoms with Crippen LogP contribution in [0.1, 0.15) is 140 Å². The predicted molar refractivity (Wildman–Crippen MR) is 198 cm³/mol. The van der Waals surface area contributed by atoms with Crippen molar-refractivity contribution < 1.29 is 23.7 Å². The molecule has 3 aliphatic rings. The topological polar surface area (TPSA) is 57.2 Å². The molecular weight excluding hydrogens is 598 g/mol. The Kier molecular flexibility index (Phi) is 17.7. The van der Waals surface area contributed by atoms with Gasteiger partial charge in [0.25, 0.3) is 0 Å². The first-order chi connectivity index (χ1) is 23.6. The van der Waals surface area contributed by atoms with Crippen LogP contribution in [-0.4, -0.2) is 57.9 Å². The minimum Gasteiger partial charge on any atom is -0.493 e. The van der Waals surface area contributed by atoms with Crippen molar-refractivity contribution in [2.24, 2.45) is 5.92 Å². The lowest BCUT2D eigenvalue weighted by atomic mass is 9.89. The third kappa shape index (κ3) is 13.0. The molecule has 0 amide bonds. The summed E-state index contributed by atoms with van der Waals surface area (Å²) in [5.74, 6) is 2.32. The van der Waals surface area contributed by atoms with Crippen molar-refractivity contribution in [1.29, 1.82) is 0 Å². The van der Waals surface area contributed by atoms with Crippen molar-refractivity contribution in [1.82, 2.24) is 4.90 Å². The van der Waals surface area contributed by atoms with Gasteiger partial charge in [-0.15, -0.1) is 0 Å². The SMILES string of the molecule is CCCCCCCCCCCCCCCCOCC(=O)OC1=C(CC2CCN(CC3=CCCC=C3)CC2)Cc2cc(OC)c(OC)cc21. The molecule has 0 saturated carbocycles. The number of piperidine rings is 1. The number of carbonyl (C=O) groups excluding carboxylic acids is 1. The second-order valence-electron chi connectivity index (χ2n) is 14.3. The Balaban J connectivity index is 1.17. The van der Waals surface area contributed by atoms with Crippen molar-refractivity contribution >= 4 is 11.7 Å². The molecular formula is C42H65NO5. The molecule has 1 heterocycles. The summed E-state index contributed by atoms with van der Waals surface area (Å²) in [6, 6.07) is 4.00. The third-order valence-electron chi connectivity index (χ3n) is 10.4. The zero-order valence-electron chi connectivity index (χ0n) is 30.6. The van der Waals surface area contributed by atoms with Gasteiger partial charge in [-0.3, -0.25) is 4.90 Å². The first-order valence-corrected chi connectivity index (χ1v) is 19.4. The summed E-state index contributed by atoms with van der Waals surface area (Å²) < 4.78 is 23.1. The van der Waals surface area contributed by atoms with Crippen LogP contribution >= 0.6 is 0 Å². The fraction of sp³-hybridized carbons (Fsp3) is 0.690. The molecule has 0 aromatic heterocycles. The van der Waals surface area contributed by atoms with Crippen molar-refractivity contribution in [3.63, 3.8) is 0 Å². The third-order valence-corrected chi connectivity index (χ3v) is 10.4. The van der Waals surface area contributed by atoms with E-state index in [1.165, 1.54) is 101 Å². The van der Waals surface area contributed by atoms with Gasteiger partial charge in [0.05, 0.1) is 14.2 Å². The van der Waals surface area contributed by atoms with Crippen LogP contribution in [-0.2, 0) is 20.7 Å². The lowest BCUT2D eigenvalue weighted by molar-refractivity contribution is -0.141. The molecule has 0 unspecified atom stereocenters. The minimum absolute atomic E-state index is 0.0134. The van der Waals surface area contributed by atoms with Gasteiger partial charge in [0.15, 0.2) is 11.5 Å². The number of likely N-dealkylation sites (tertiary alicyclic amines) is 1. The Bertz CT molecular complexity index is 1190. The molecule has 0 atom stereocenters. The first kappa shape index (κ1) is 38.2. The molecule has 0 bridgehead atoms. The van der Waals surface area contributed by atoms with E-state index in [1.807, 2.05) is 12.1 Å². The quantitative estimate of drug-likeness (QED) is 0.0810. The molecule has 1 fully saturated rings. The molecule has 268 valence electrons. The molecule has 2 aliphatic carbocycles. The number of carbonyl (C=O) groups is 1. The van der Waals surface area contributed by atoms with Crippen LogP contribution < -0.4 is 9.47 Å². The van der Waals surface area contributed by atoms with Crippen LogP contribution in [0.2, 0.25) is 0 Å². The summed E-state index contributed by atoms with van der Waals surface area (Å²) in [7, 11) is 3.31. The molecule has 6 heteroatoms. The maximum Gasteiger partial charge on any atom is 0.337 e. The Labute approximate surface area is 292 Å². The summed E-state index contributed by atoms with van der Waals surface area (Å²) in [5, 5.41) is 0. The Morgan fingerprint density at radius 2 is 1.44 bits per heavy atom. The van der Waals surface area contributed by atoms with Crippen LogP contribution in [0.4, 0.5) is 0 Å². The van der Waals surface area contributed by atoms with Gasteiger partial charge < -0.3 is 18.9 Å². The molecule has 1 aliphatic heterocycles. The van der Waals surface area contributed by atoms with Crippen molar-refractivity contribution in [2.45, 2.75) is 135 Å². The summed E-state index contributed by atoms with van der Waals surface area (Å²) in [6.45, 7) is 6.15. The molecule has 1 saturated heterocycles. The van der Waals surface area contributed by atoms with E-state index in [1.54, 1.807) is 14.2 Å². The lowest BCUT2D eigenvalue weighted by Gasteiger charge is -2.32. The number of rotatable bonds is 24. The van der Waals surface area contributed by atoms with E-state index < -0.39 is 0 Å². The minimum atomic E-state index is -0.320. The average molecular weight is 664 g/mol.